The van der Waals surface area contributed by atoms with Gasteiger partial charge in [0.05, 0.1) is 0 Å². The molecular weight excluding hydrogens is 675 g/mol. The number of benzene rings is 6. The number of halogens is 3. The largest absolute Gasteiger partial charge is 0.176 e. The zero-order chi connectivity index (χ0) is 34.3. The summed E-state index contributed by atoms with van der Waals surface area (Å²) in [7, 11) is -3.20. The lowest BCUT2D eigenvalue weighted by Crippen LogP contribution is -2.69. The molecule has 0 saturated heterocycles. The molecule has 0 heterocycles. The molecule has 6 aromatic rings. The van der Waals surface area contributed by atoms with Gasteiger partial charge in [0.25, 0.3) is 0 Å². The molecule has 0 spiro atoms. The first-order valence-electron chi connectivity index (χ1n) is 16.6. The first-order chi connectivity index (χ1) is 23.7. The predicted molar refractivity (Wildman–Crippen MR) is 216 cm³/mol. The maximum absolute atomic E-state index is 7.18. The number of allylic oxidation sites excluding steroid dienone is 4. The topological polar surface area (TPSA) is 0 Å². The Hall–Kier alpha value is -4.11. The Bertz CT molecular complexity index is 2020. The van der Waals surface area contributed by atoms with Crippen molar-refractivity contribution >= 4 is 58.4 Å². The van der Waals surface area contributed by atoms with E-state index in [1.54, 1.807) is 0 Å². The van der Waals surface area contributed by atoms with Crippen molar-refractivity contribution in [2.75, 3.05) is 0 Å². The summed E-state index contributed by atoms with van der Waals surface area (Å²) in [5, 5.41) is 7.14. The maximum atomic E-state index is 7.18. The van der Waals surface area contributed by atoms with Crippen LogP contribution < -0.4 is 15.6 Å². The standard InChI is InChI=1S/C45H37Cl3Si/c1-29-30(2)32(4)45(31(29)3)49(42-23-36(20-39(46)26-42)33-14-8-5-9-15-33,43-24-37(21-40(47)27-43)34-16-10-6-11-17-34)44-25-38(22-41(48)28-44)35-18-12-7-13-19-35/h5-28,31H,1-4H3. The van der Waals surface area contributed by atoms with E-state index in [1.165, 1.54) is 37.5 Å². The van der Waals surface area contributed by atoms with Crippen molar-refractivity contribution in [1.29, 1.82) is 0 Å². The molecule has 1 unspecified atom stereocenters. The zero-order valence-electron chi connectivity index (χ0n) is 28.1. The summed E-state index contributed by atoms with van der Waals surface area (Å²) in [4.78, 5) is 0. The van der Waals surface area contributed by atoms with E-state index >= 15 is 0 Å². The van der Waals surface area contributed by atoms with E-state index in [0.717, 1.165) is 33.4 Å². The second kappa shape index (κ2) is 13.7. The summed E-state index contributed by atoms with van der Waals surface area (Å²) >= 11 is 21.5. The van der Waals surface area contributed by atoms with Gasteiger partial charge in [0.1, 0.15) is 0 Å². The van der Waals surface area contributed by atoms with Crippen LogP contribution in [0, 0.1) is 5.92 Å². The van der Waals surface area contributed by atoms with Crippen molar-refractivity contribution in [3.05, 3.63) is 183 Å². The van der Waals surface area contributed by atoms with Crippen LogP contribution >= 0.6 is 34.8 Å². The smallest absolute Gasteiger partial charge is 0.0843 e. The van der Waals surface area contributed by atoms with Crippen molar-refractivity contribution in [1.82, 2.24) is 0 Å². The number of rotatable bonds is 7. The molecular formula is C45H37Cl3Si. The minimum atomic E-state index is -3.20. The summed E-state index contributed by atoms with van der Waals surface area (Å²) in [6.07, 6.45) is 0. The minimum absolute atomic E-state index is 0.198. The Labute approximate surface area is 306 Å². The number of hydrogen-bond acceptors (Lipinski definition) is 0. The molecule has 1 aliphatic carbocycles. The van der Waals surface area contributed by atoms with Gasteiger partial charge in [0.2, 0.25) is 0 Å². The summed E-state index contributed by atoms with van der Waals surface area (Å²) in [5.41, 5.74) is 10.7. The molecule has 0 N–H and O–H groups in total. The first-order valence-corrected chi connectivity index (χ1v) is 19.8. The summed E-state index contributed by atoms with van der Waals surface area (Å²) in [6.45, 7) is 9.21. The van der Waals surface area contributed by atoms with Crippen LogP contribution in [-0.4, -0.2) is 8.07 Å². The molecule has 1 aliphatic rings. The van der Waals surface area contributed by atoms with Crippen LogP contribution in [0.2, 0.25) is 15.1 Å². The molecule has 7 rings (SSSR count). The molecule has 0 bridgehead atoms. The highest BCUT2D eigenvalue weighted by molar-refractivity contribution is 7.16. The van der Waals surface area contributed by atoms with Gasteiger partial charge in [-0.3, -0.25) is 0 Å². The molecule has 242 valence electrons. The van der Waals surface area contributed by atoms with Crippen LogP contribution in [0.15, 0.2) is 168 Å². The molecule has 0 amide bonds. The van der Waals surface area contributed by atoms with Gasteiger partial charge < -0.3 is 0 Å². The van der Waals surface area contributed by atoms with Gasteiger partial charge in [-0.15, -0.1) is 0 Å². The summed E-state index contributed by atoms with van der Waals surface area (Å²) < 4.78 is 0. The van der Waals surface area contributed by atoms with Gasteiger partial charge >= 0.3 is 0 Å². The van der Waals surface area contributed by atoms with Crippen LogP contribution in [0.3, 0.4) is 0 Å². The third kappa shape index (κ3) is 6.15. The van der Waals surface area contributed by atoms with E-state index in [2.05, 4.69) is 155 Å². The highest BCUT2D eigenvalue weighted by atomic mass is 35.5. The highest BCUT2D eigenvalue weighted by Gasteiger charge is 2.49. The lowest BCUT2D eigenvalue weighted by atomic mass is 10.0. The van der Waals surface area contributed by atoms with Gasteiger partial charge in [0.15, 0.2) is 8.07 Å². The fourth-order valence-electron chi connectivity index (χ4n) is 7.75. The molecule has 0 nitrogen and oxygen atoms in total. The van der Waals surface area contributed by atoms with Gasteiger partial charge in [0, 0.05) is 15.1 Å². The van der Waals surface area contributed by atoms with Crippen LogP contribution in [0.4, 0.5) is 0 Å². The van der Waals surface area contributed by atoms with Crippen molar-refractivity contribution < 1.29 is 0 Å². The van der Waals surface area contributed by atoms with E-state index in [0.29, 0.717) is 15.1 Å². The van der Waals surface area contributed by atoms with Crippen molar-refractivity contribution in [3.63, 3.8) is 0 Å². The van der Waals surface area contributed by atoms with Crippen molar-refractivity contribution in [2.24, 2.45) is 5.92 Å². The van der Waals surface area contributed by atoms with E-state index in [-0.39, 0.29) is 5.92 Å². The van der Waals surface area contributed by atoms with E-state index in [1.807, 2.05) is 18.2 Å². The molecule has 0 radical (unpaired) electrons. The summed E-state index contributed by atoms with van der Waals surface area (Å²) in [5.74, 6) is 0.198. The third-order valence-electron chi connectivity index (χ3n) is 10.4. The van der Waals surface area contributed by atoms with E-state index in [4.69, 9.17) is 34.8 Å². The van der Waals surface area contributed by atoms with Gasteiger partial charge in [-0.1, -0.05) is 167 Å². The van der Waals surface area contributed by atoms with Crippen LogP contribution in [0.1, 0.15) is 27.7 Å². The Morgan fingerprint density at radius 1 is 0.408 bits per heavy atom. The molecule has 0 fully saturated rings. The minimum Gasteiger partial charge on any atom is -0.0843 e. The first kappa shape index (κ1) is 33.4. The Kier molecular flexibility index (Phi) is 9.30. The highest BCUT2D eigenvalue weighted by Crippen LogP contribution is 2.43. The predicted octanol–water partition coefficient (Wildman–Crippen LogP) is 12.0. The molecule has 4 heteroatoms. The molecule has 49 heavy (non-hydrogen) atoms. The lowest BCUT2D eigenvalue weighted by Gasteiger charge is -2.39. The molecule has 1 atom stereocenters. The second-order valence-corrected chi connectivity index (χ2v) is 18.2. The van der Waals surface area contributed by atoms with Crippen molar-refractivity contribution in [2.45, 2.75) is 27.7 Å². The average molecular weight is 712 g/mol. The monoisotopic (exact) mass is 710 g/mol. The van der Waals surface area contributed by atoms with Gasteiger partial charge in [-0.05, 0) is 118 Å². The van der Waals surface area contributed by atoms with Crippen LogP contribution in [-0.2, 0) is 0 Å². The van der Waals surface area contributed by atoms with E-state index < -0.39 is 8.07 Å². The Morgan fingerprint density at radius 2 is 0.735 bits per heavy atom. The third-order valence-corrected chi connectivity index (χ3v) is 16.1. The quantitative estimate of drug-likeness (QED) is 0.114. The fourth-order valence-corrected chi connectivity index (χ4v) is 14.5. The molecule has 6 aromatic carbocycles. The van der Waals surface area contributed by atoms with Crippen LogP contribution in [0.25, 0.3) is 33.4 Å². The Balaban J connectivity index is 1.67. The normalized spacial score (nSPS) is 14.9. The average Bonchev–Trinajstić information content (AvgIpc) is 3.31. The maximum Gasteiger partial charge on any atom is 0.176 e. The van der Waals surface area contributed by atoms with Gasteiger partial charge in [-0.2, -0.15) is 0 Å². The zero-order valence-corrected chi connectivity index (χ0v) is 31.3. The molecule has 0 aliphatic heterocycles. The van der Waals surface area contributed by atoms with Crippen LogP contribution in [0.5, 0.6) is 0 Å². The van der Waals surface area contributed by atoms with Crippen molar-refractivity contribution in [3.8, 4) is 33.4 Å². The SMILES string of the molecule is CC1=C(C)C(C)C([Si](c2cc(Cl)cc(-c3ccccc3)c2)(c2cc(Cl)cc(-c3ccccc3)c2)c2cc(Cl)cc(-c3ccccc3)c2)=C1C. The summed E-state index contributed by atoms with van der Waals surface area (Å²) in [6, 6.07) is 51.5. The Morgan fingerprint density at radius 3 is 1.02 bits per heavy atom. The van der Waals surface area contributed by atoms with E-state index in [9.17, 15) is 0 Å². The van der Waals surface area contributed by atoms with Gasteiger partial charge in [-0.25, -0.2) is 0 Å². The number of hydrogen-bond donors (Lipinski definition) is 0. The molecule has 0 saturated carbocycles. The second-order valence-electron chi connectivity index (χ2n) is 13.1. The fraction of sp³-hybridized carbons (Fsp3) is 0.111. The lowest BCUT2D eigenvalue weighted by molar-refractivity contribution is 0.851. The molecule has 0 aromatic heterocycles.